The zero-order valence-corrected chi connectivity index (χ0v) is 12.3. The van der Waals surface area contributed by atoms with Gasteiger partial charge in [-0.3, -0.25) is 0 Å². The van der Waals surface area contributed by atoms with E-state index in [4.69, 9.17) is 9.52 Å². The van der Waals surface area contributed by atoms with Gasteiger partial charge in [0, 0.05) is 12.3 Å². The molecule has 1 aromatic heterocycles. The second-order valence-corrected chi connectivity index (χ2v) is 4.83. The molecule has 0 aliphatic rings. The van der Waals surface area contributed by atoms with Crippen molar-refractivity contribution in [1.82, 2.24) is 15.5 Å². The number of hydrogen-bond acceptors (Lipinski definition) is 6. The molecule has 0 bridgehead atoms. The van der Waals surface area contributed by atoms with Crippen LogP contribution < -0.4 is 10.6 Å². The van der Waals surface area contributed by atoms with Gasteiger partial charge >= 0.3 is 6.01 Å². The third-order valence-electron chi connectivity index (χ3n) is 2.97. The van der Waals surface area contributed by atoms with Crippen LogP contribution in [-0.2, 0) is 13.0 Å². The number of benzene rings is 1. The molecule has 1 aromatic carbocycles. The summed E-state index contributed by atoms with van der Waals surface area (Å²) in [6, 6.07) is 8.36. The van der Waals surface area contributed by atoms with Crippen LogP contribution in [0.25, 0.3) is 0 Å². The number of aliphatic hydroxyl groups excluding tert-OH is 1. The lowest BCUT2D eigenvalue weighted by Gasteiger charge is -2.04. The lowest BCUT2D eigenvalue weighted by Crippen LogP contribution is -2.13. The van der Waals surface area contributed by atoms with Crippen molar-refractivity contribution in [1.29, 1.82) is 0 Å². The first-order valence-electron chi connectivity index (χ1n) is 7.31. The largest absolute Gasteiger partial charge is 0.406 e. The molecule has 1 heterocycles. The summed E-state index contributed by atoms with van der Waals surface area (Å²) in [5, 5.41) is 23.1. The highest BCUT2D eigenvalue weighted by Gasteiger charge is 2.06. The van der Waals surface area contributed by atoms with E-state index in [0.29, 0.717) is 18.5 Å². The Kier molecular flexibility index (Phi) is 6.18. The van der Waals surface area contributed by atoms with E-state index >= 15 is 0 Å². The van der Waals surface area contributed by atoms with E-state index in [1.165, 1.54) is 5.56 Å². The third kappa shape index (κ3) is 5.17. The number of rotatable bonds is 9. The molecule has 0 atom stereocenters. The molecule has 2 aromatic rings. The predicted molar refractivity (Wildman–Crippen MR) is 81.4 cm³/mol. The van der Waals surface area contributed by atoms with Gasteiger partial charge in [-0.1, -0.05) is 24.2 Å². The molecule has 6 heteroatoms. The molecule has 0 saturated heterocycles. The van der Waals surface area contributed by atoms with E-state index in [9.17, 15) is 0 Å². The van der Waals surface area contributed by atoms with Crippen LogP contribution >= 0.6 is 0 Å². The summed E-state index contributed by atoms with van der Waals surface area (Å²) in [5.41, 5.74) is 2.07. The van der Waals surface area contributed by atoms with Gasteiger partial charge in [-0.15, -0.1) is 5.10 Å². The van der Waals surface area contributed by atoms with Gasteiger partial charge < -0.3 is 20.2 Å². The average Bonchev–Trinajstić information content (AvgIpc) is 2.93. The van der Waals surface area contributed by atoms with E-state index in [1.807, 2.05) is 24.3 Å². The van der Waals surface area contributed by atoms with Crippen LogP contribution in [0.4, 0.5) is 11.7 Å². The first-order chi connectivity index (χ1) is 10.3. The van der Waals surface area contributed by atoms with Gasteiger partial charge in [-0.25, -0.2) is 0 Å². The Labute approximate surface area is 124 Å². The van der Waals surface area contributed by atoms with Crippen molar-refractivity contribution in [2.24, 2.45) is 0 Å². The molecule has 0 aliphatic carbocycles. The van der Waals surface area contributed by atoms with Gasteiger partial charge in [0.15, 0.2) is 0 Å². The Hall–Kier alpha value is -1.92. The number of hydrogen-bond donors (Lipinski definition) is 3. The summed E-state index contributed by atoms with van der Waals surface area (Å²) in [6.07, 6.45) is 2.68. The summed E-state index contributed by atoms with van der Waals surface area (Å²) in [4.78, 5) is 0. The highest BCUT2D eigenvalue weighted by molar-refractivity contribution is 5.53. The predicted octanol–water partition coefficient (Wildman–Crippen LogP) is 2.24. The minimum atomic E-state index is 0.204. The molecule has 0 radical (unpaired) electrons. The average molecular weight is 290 g/mol. The van der Waals surface area contributed by atoms with Gasteiger partial charge in [-0.05, 0) is 43.5 Å². The van der Waals surface area contributed by atoms with Crippen molar-refractivity contribution in [3.8, 4) is 0 Å². The van der Waals surface area contributed by atoms with Gasteiger partial charge in [-0.2, -0.15) is 0 Å². The fraction of sp³-hybridized carbons (Fsp3) is 0.467. The van der Waals surface area contributed by atoms with Crippen molar-refractivity contribution in [3.63, 3.8) is 0 Å². The Bertz CT molecular complexity index is 542. The van der Waals surface area contributed by atoms with Crippen LogP contribution in [0.3, 0.4) is 0 Å². The van der Waals surface area contributed by atoms with Gasteiger partial charge in [0.1, 0.15) is 0 Å². The van der Waals surface area contributed by atoms with E-state index in [2.05, 4.69) is 27.8 Å². The maximum absolute atomic E-state index is 8.87. The molecular formula is C15H22N4O2. The summed E-state index contributed by atoms with van der Waals surface area (Å²) in [5.74, 6) is 0.572. The molecule has 3 N–H and O–H groups in total. The maximum Gasteiger partial charge on any atom is 0.320 e. The number of aryl methyl sites for hydroxylation is 1. The highest BCUT2D eigenvalue weighted by atomic mass is 16.4. The number of nitrogens with one attached hydrogen (secondary N) is 2. The molecule has 2 rings (SSSR count). The van der Waals surface area contributed by atoms with Gasteiger partial charge in [0.25, 0.3) is 0 Å². The molecule has 0 amide bonds. The van der Waals surface area contributed by atoms with Gasteiger partial charge in [0.05, 0.1) is 6.54 Å². The van der Waals surface area contributed by atoms with Crippen LogP contribution in [0.1, 0.15) is 31.2 Å². The van der Waals surface area contributed by atoms with E-state index in [1.54, 1.807) is 0 Å². The number of aliphatic hydroxyl groups is 1. The van der Waals surface area contributed by atoms with Crippen molar-refractivity contribution < 1.29 is 9.52 Å². The van der Waals surface area contributed by atoms with Crippen molar-refractivity contribution in [3.05, 3.63) is 35.7 Å². The minimum Gasteiger partial charge on any atom is -0.406 e. The standard InChI is InChI=1S/C15H22N4O2/c1-2-8-16-11-14-18-19-15(21-14)17-13-7-3-5-12(10-13)6-4-9-20/h3,5,7,10,16,20H,2,4,6,8-9,11H2,1H3,(H,17,19). The summed E-state index contributed by atoms with van der Waals surface area (Å²) in [6.45, 7) is 3.82. The molecule has 0 spiro atoms. The Morgan fingerprint density at radius 2 is 2.19 bits per heavy atom. The van der Waals surface area contributed by atoms with Crippen molar-refractivity contribution in [2.45, 2.75) is 32.7 Å². The Morgan fingerprint density at radius 3 is 3.00 bits per heavy atom. The fourth-order valence-electron chi connectivity index (χ4n) is 1.96. The zero-order chi connectivity index (χ0) is 14.9. The molecule has 21 heavy (non-hydrogen) atoms. The maximum atomic E-state index is 8.87. The van der Waals surface area contributed by atoms with E-state index in [0.717, 1.165) is 31.5 Å². The molecule has 6 nitrogen and oxygen atoms in total. The molecule has 0 aliphatic heterocycles. The SMILES string of the molecule is CCCNCc1nnc(Nc2cccc(CCCO)c2)o1. The lowest BCUT2D eigenvalue weighted by molar-refractivity contribution is 0.288. The third-order valence-corrected chi connectivity index (χ3v) is 2.97. The van der Waals surface area contributed by atoms with Crippen molar-refractivity contribution in [2.75, 3.05) is 18.5 Å². The smallest absolute Gasteiger partial charge is 0.320 e. The highest BCUT2D eigenvalue weighted by Crippen LogP contribution is 2.17. The minimum absolute atomic E-state index is 0.204. The Balaban J connectivity index is 1.91. The summed E-state index contributed by atoms with van der Waals surface area (Å²) < 4.78 is 5.52. The topological polar surface area (TPSA) is 83.2 Å². The monoisotopic (exact) mass is 290 g/mol. The zero-order valence-electron chi connectivity index (χ0n) is 12.3. The number of aromatic nitrogens is 2. The molecule has 114 valence electrons. The normalized spacial score (nSPS) is 10.8. The molecular weight excluding hydrogens is 268 g/mol. The quantitative estimate of drug-likeness (QED) is 0.614. The lowest BCUT2D eigenvalue weighted by atomic mass is 10.1. The summed E-state index contributed by atoms with van der Waals surface area (Å²) >= 11 is 0. The van der Waals surface area contributed by atoms with Crippen molar-refractivity contribution >= 4 is 11.7 Å². The van der Waals surface area contributed by atoms with Crippen LogP contribution in [0.5, 0.6) is 0 Å². The number of nitrogens with zero attached hydrogens (tertiary/aromatic N) is 2. The Morgan fingerprint density at radius 1 is 1.29 bits per heavy atom. The van der Waals surface area contributed by atoms with E-state index in [-0.39, 0.29) is 6.61 Å². The van der Waals surface area contributed by atoms with Gasteiger partial charge in [0.2, 0.25) is 5.89 Å². The molecule has 0 fully saturated rings. The van der Waals surface area contributed by atoms with Crippen LogP contribution in [-0.4, -0.2) is 28.5 Å². The molecule has 0 unspecified atom stereocenters. The first kappa shape index (κ1) is 15.5. The molecule has 0 saturated carbocycles. The van der Waals surface area contributed by atoms with Crippen LogP contribution in [0.2, 0.25) is 0 Å². The van der Waals surface area contributed by atoms with E-state index < -0.39 is 0 Å². The second kappa shape index (κ2) is 8.39. The first-order valence-corrected chi connectivity index (χ1v) is 7.31. The summed E-state index contributed by atoms with van der Waals surface area (Å²) in [7, 11) is 0. The fourth-order valence-corrected chi connectivity index (χ4v) is 1.96. The second-order valence-electron chi connectivity index (χ2n) is 4.83. The van der Waals surface area contributed by atoms with Crippen LogP contribution in [0.15, 0.2) is 28.7 Å². The van der Waals surface area contributed by atoms with Crippen LogP contribution in [0, 0.1) is 0 Å². The number of anilines is 2.